The number of nitrogen functional groups attached to an aromatic ring is 2. The van der Waals surface area contributed by atoms with Crippen LogP contribution in [0.15, 0.2) is 42.6 Å². The first-order valence-corrected chi connectivity index (χ1v) is 7.06. The zero-order valence-electron chi connectivity index (χ0n) is 12.7. The van der Waals surface area contributed by atoms with Gasteiger partial charge in [-0.1, -0.05) is 36.4 Å². The number of aromatic nitrogens is 2. The molecule has 5 nitrogen and oxygen atoms in total. The van der Waals surface area contributed by atoms with Crippen molar-refractivity contribution in [1.82, 2.24) is 14.9 Å². The van der Waals surface area contributed by atoms with Crippen LogP contribution < -0.4 is 11.5 Å². The fraction of sp³-hybridized carbons (Fsp3) is 0.250. The molecule has 0 bridgehead atoms. The van der Waals surface area contributed by atoms with E-state index in [0.29, 0.717) is 5.82 Å². The molecular weight excluding hydrogens is 333 g/mol. The Morgan fingerprint density at radius 1 is 1.09 bits per heavy atom. The molecule has 0 aliphatic carbocycles. The predicted molar refractivity (Wildman–Crippen MR) is 99.7 cm³/mol. The molecule has 1 aliphatic rings. The van der Waals surface area contributed by atoms with Gasteiger partial charge in [0, 0.05) is 31.4 Å². The highest BCUT2D eigenvalue weighted by Crippen LogP contribution is 2.23. The molecule has 4 N–H and O–H groups in total. The predicted octanol–water partition coefficient (Wildman–Crippen LogP) is 2.77. The zero-order valence-corrected chi connectivity index (χ0v) is 14.3. The molecule has 1 aromatic heterocycles. The van der Waals surface area contributed by atoms with Gasteiger partial charge < -0.3 is 11.5 Å². The molecule has 23 heavy (non-hydrogen) atoms. The second-order valence-corrected chi connectivity index (χ2v) is 5.22. The molecule has 2 heterocycles. The van der Waals surface area contributed by atoms with E-state index < -0.39 is 0 Å². The smallest absolute Gasteiger partial charge is 0.221 e. The van der Waals surface area contributed by atoms with Gasteiger partial charge in [-0.05, 0) is 17.6 Å². The largest absolute Gasteiger partial charge is 0.383 e. The number of nitrogens with two attached hydrogens (primary N) is 2. The van der Waals surface area contributed by atoms with Crippen LogP contribution in [-0.4, -0.2) is 28.0 Å². The molecule has 0 amide bonds. The summed E-state index contributed by atoms with van der Waals surface area (Å²) < 4.78 is 0. The summed E-state index contributed by atoms with van der Waals surface area (Å²) in [5, 5.41) is 0. The Kier molecular flexibility index (Phi) is 7.29. The summed E-state index contributed by atoms with van der Waals surface area (Å²) in [4.78, 5) is 10.3. The van der Waals surface area contributed by atoms with Crippen molar-refractivity contribution in [2.75, 3.05) is 24.6 Å². The fourth-order valence-electron chi connectivity index (χ4n) is 2.57. The molecule has 0 radical (unpaired) electrons. The van der Waals surface area contributed by atoms with Gasteiger partial charge in [-0.15, -0.1) is 24.8 Å². The maximum absolute atomic E-state index is 5.88. The van der Waals surface area contributed by atoms with E-state index in [2.05, 4.69) is 45.2 Å². The molecule has 0 saturated heterocycles. The van der Waals surface area contributed by atoms with Gasteiger partial charge in [0.05, 0.1) is 0 Å². The second kappa shape index (κ2) is 8.72. The topological polar surface area (TPSA) is 81.1 Å². The average Bonchev–Trinajstić information content (AvgIpc) is 2.52. The molecule has 124 valence electrons. The minimum Gasteiger partial charge on any atom is -0.383 e. The van der Waals surface area contributed by atoms with E-state index in [1.165, 1.54) is 11.1 Å². The molecule has 1 aliphatic heterocycles. The summed E-state index contributed by atoms with van der Waals surface area (Å²) in [6, 6.07) is 10.5. The van der Waals surface area contributed by atoms with E-state index >= 15 is 0 Å². The molecule has 0 spiro atoms. The van der Waals surface area contributed by atoms with E-state index in [4.69, 9.17) is 11.5 Å². The van der Waals surface area contributed by atoms with Crippen LogP contribution in [0.25, 0.3) is 5.57 Å². The van der Waals surface area contributed by atoms with Gasteiger partial charge in [-0.3, -0.25) is 4.90 Å². The number of hydrogen-bond donors (Lipinski definition) is 2. The van der Waals surface area contributed by atoms with Gasteiger partial charge in [-0.2, -0.15) is 4.98 Å². The maximum Gasteiger partial charge on any atom is 0.221 e. The van der Waals surface area contributed by atoms with E-state index in [0.717, 1.165) is 31.6 Å². The first kappa shape index (κ1) is 19.2. The van der Waals surface area contributed by atoms with E-state index in [-0.39, 0.29) is 30.8 Å². The van der Waals surface area contributed by atoms with Crippen molar-refractivity contribution in [3.8, 4) is 0 Å². The van der Waals surface area contributed by atoms with Crippen molar-refractivity contribution >= 4 is 42.2 Å². The van der Waals surface area contributed by atoms with Gasteiger partial charge in [0.15, 0.2) is 0 Å². The molecule has 2 aromatic rings. The van der Waals surface area contributed by atoms with Crippen molar-refractivity contribution in [2.24, 2.45) is 0 Å². The molecule has 0 fully saturated rings. The Morgan fingerprint density at radius 2 is 1.83 bits per heavy atom. The number of nitrogens with zero attached hydrogens (tertiary/aromatic N) is 3. The van der Waals surface area contributed by atoms with Crippen LogP contribution in [0, 0.1) is 0 Å². The molecule has 0 atom stereocenters. The van der Waals surface area contributed by atoms with Crippen molar-refractivity contribution in [2.45, 2.75) is 13.0 Å². The number of anilines is 2. The lowest BCUT2D eigenvalue weighted by Crippen LogP contribution is -2.28. The molecule has 0 unspecified atom stereocenters. The lowest BCUT2D eigenvalue weighted by Gasteiger charge is -2.26. The molecule has 0 saturated carbocycles. The molecule has 1 aromatic carbocycles. The van der Waals surface area contributed by atoms with Crippen LogP contribution in [0.4, 0.5) is 11.8 Å². The van der Waals surface area contributed by atoms with Crippen molar-refractivity contribution in [3.63, 3.8) is 0 Å². The van der Waals surface area contributed by atoms with Crippen LogP contribution in [0.3, 0.4) is 0 Å². The molecule has 7 heteroatoms. The van der Waals surface area contributed by atoms with Gasteiger partial charge >= 0.3 is 0 Å². The van der Waals surface area contributed by atoms with Crippen molar-refractivity contribution < 1.29 is 0 Å². The Hall–Kier alpha value is -1.82. The Labute approximate surface area is 148 Å². The lowest BCUT2D eigenvalue weighted by molar-refractivity contribution is 0.294. The Balaban J connectivity index is 0.00000132. The monoisotopic (exact) mass is 353 g/mol. The van der Waals surface area contributed by atoms with Crippen LogP contribution >= 0.6 is 24.8 Å². The number of hydrogen-bond acceptors (Lipinski definition) is 5. The van der Waals surface area contributed by atoms with Gasteiger partial charge in [0.2, 0.25) is 5.95 Å². The van der Waals surface area contributed by atoms with E-state index in [9.17, 15) is 0 Å². The normalized spacial score (nSPS) is 14.3. The van der Waals surface area contributed by atoms with E-state index in [1.54, 1.807) is 6.20 Å². The summed E-state index contributed by atoms with van der Waals surface area (Å²) in [5.41, 5.74) is 15.1. The zero-order chi connectivity index (χ0) is 14.7. The van der Waals surface area contributed by atoms with Crippen molar-refractivity contribution in [3.05, 3.63) is 53.7 Å². The molecule has 3 rings (SSSR count). The maximum atomic E-state index is 5.88. The van der Waals surface area contributed by atoms with Gasteiger partial charge in [0.25, 0.3) is 0 Å². The fourth-order valence-corrected chi connectivity index (χ4v) is 2.57. The third kappa shape index (κ3) is 4.82. The van der Waals surface area contributed by atoms with Crippen LogP contribution in [0.1, 0.15) is 17.5 Å². The highest BCUT2D eigenvalue weighted by atomic mass is 35.5. The number of rotatable bonds is 3. The minimum absolute atomic E-state index is 0. The van der Waals surface area contributed by atoms with E-state index in [1.807, 2.05) is 6.07 Å². The van der Waals surface area contributed by atoms with Crippen LogP contribution in [0.2, 0.25) is 0 Å². The summed E-state index contributed by atoms with van der Waals surface area (Å²) in [5.74, 6) is 0.696. The first-order valence-electron chi connectivity index (χ1n) is 7.06. The number of halogens is 2. The summed E-state index contributed by atoms with van der Waals surface area (Å²) in [6.45, 7) is 2.67. The standard InChI is InChI=1S/C16H19N5.2ClH/c17-15-14(10-19-16(18)20-15)11-21-8-6-13(7-9-21)12-4-2-1-3-5-12;;/h1-6,10H,7-9,11H2,(H4,17,18,19,20);2*1H. The highest BCUT2D eigenvalue weighted by molar-refractivity contribution is 5.85. The SMILES string of the molecule is Cl.Cl.Nc1ncc(CN2CC=C(c3ccccc3)CC2)c(N)n1. The van der Waals surface area contributed by atoms with Gasteiger partial charge in [0.1, 0.15) is 5.82 Å². The quantitative estimate of drug-likeness (QED) is 0.886. The summed E-state index contributed by atoms with van der Waals surface area (Å²) in [7, 11) is 0. The Morgan fingerprint density at radius 3 is 2.43 bits per heavy atom. The third-order valence-corrected chi connectivity index (χ3v) is 3.75. The average molecular weight is 354 g/mol. The summed E-state index contributed by atoms with van der Waals surface area (Å²) in [6.07, 6.45) is 5.04. The highest BCUT2D eigenvalue weighted by Gasteiger charge is 2.14. The van der Waals surface area contributed by atoms with Crippen LogP contribution in [0.5, 0.6) is 0 Å². The van der Waals surface area contributed by atoms with Crippen molar-refractivity contribution in [1.29, 1.82) is 0 Å². The third-order valence-electron chi connectivity index (χ3n) is 3.75. The lowest BCUT2D eigenvalue weighted by atomic mass is 9.99. The summed E-state index contributed by atoms with van der Waals surface area (Å²) >= 11 is 0. The second-order valence-electron chi connectivity index (χ2n) is 5.22. The molecular formula is C16H21Cl2N5. The van der Waals surface area contributed by atoms with Crippen LogP contribution in [-0.2, 0) is 6.54 Å². The first-order chi connectivity index (χ1) is 10.2. The Bertz CT molecular complexity index is 661. The van der Waals surface area contributed by atoms with Gasteiger partial charge in [-0.25, -0.2) is 4.98 Å². The minimum atomic E-state index is 0. The number of benzene rings is 1.